The molecule has 0 aliphatic heterocycles. The minimum Gasteiger partial charge on any atom is -0.308 e. The Hall–Kier alpha value is -2.75. The maximum atomic E-state index is 11.6. The number of benzene rings is 2. The number of fused-ring (bicyclic) bond motifs is 1. The van der Waals surface area contributed by atoms with Gasteiger partial charge >= 0.3 is 0 Å². The van der Waals surface area contributed by atoms with Crippen LogP contribution in [0.25, 0.3) is 16.6 Å². The summed E-state index contributed by atoms with van der Waals surface area (Å²) in [7, 11) is -3.40. The topological polar surface area (TPSA) is 74.9 Å². The molecule has 1 N–H and O–H groups in total. The highest BCUT2D eigenvalue weighted by molar-refractivity contribution is 7.92. The Morgan fingerprint density at radius 3 is 2.57 bits per heavy atom. The fourth-order valence-electron chi connectivity index (χ4n) is 3.19. The number of nitrogens with zero attached hydrogens (tertiary/aromatic N) is 2. The number of halogens is 1. The summed E-state index contributed by atoms with van der Waals surface area (Å²) in [6, 6.07) is 17.0. The van der Waals surface area contributed by atoms with E-state index in [4.69, 9.17) is 11.6 Å². The fraction of sp³-hybridized carbons (Fsp3) is 0.190. The maximum Gasteiger partial charge on any atom is 0.229 e. The van der Waals surface area contributed by atoms with Crippen LogP contribution < -0.4 is 4.72 Å². The quantitative estimate of drug-likeness (QED) is 0.562. The summed E-state index contributed by atoms with van der Waals surface area (Å²) in [5, 5.41) is 11.2. The molecule has 1 heterocycles. The number of nitriles is 1. The van der Waals surface area contributed by atoms with Gasteiger partial charge in [0.05, 0.1) is 17.5 Å². The van der Waals surface area contributed by atoms with Gasteiger partial charge in [-0.15, -0.1) is 0 Å². The molecule has 28 heavy (non-hydrogen) atoms. The van der Waals surface area contributed by atoms with Crippen LogP contribution in [0.2, 0.25) is 5.02 Å². The van der Waals surface area contributed by atoms with Crippen molar-refractivity contribution in [2.24, 2.45) is 0 Å². The minimum atomic E-state index is -3.40. The number of aromatic nitrogens is 1. The number of hydrogen-bond acceptors (Lipinski definition) is 3. The molecule has 1 atom stereocenters. The van der Waals surface area contributed by atoms with E-state index in [0.717, 1.165) is 29.1 Å². The molecule has 1 aromatic heterocycles. The van der Waals surface area contributed by atoms with Crippen molar-refractivity contribution in [1.29, 1.82) is 5.26 Å². The van der Waals surface area contributed by atoms with Gasteiger partial charge in [0.1, 0.15) is 11.8 Å². The number of sulfonamides is 1. The third-order valence-corrected chi connectivity index (χ3v) is 5.34. The maximum absolute atomic E-state index is 11.6. The largest absolute Gasteiger partial charge is 0.308 e. The molecule has 0 spiro atoms. The van der Waals surface area contributed by atoms with Gasteiger partial charge in [-0.1, -0.05) is 36.7 Å². The molecular formula is C21H20ClN3O2S. The first-order valence-corrected chi connectivity index (χ1v) is 11.0. The normalized spacial score (nSPS) is 13.3. The SMILES string of the molecule is CCC(/C=C(\C#N)n1ccc2c(NS(C)(=O)=O)cccc21)c1ccc(Cl)cc1. The zero-order valence-electron chi connectivity index (χ0n) is 15.6. The van der Waals surface area contributed by atoms with Crippen LogP contribution in [0, 0.1) is 11.3 Å². The molecule has 0 radical (unpaired) electrons. The van der Waals surface area contributed by atoms with E-state index >= 15 is 0 Å². The van der Waals surface area contributed by atoms with Crippen LogP contribution >= 0.6 is 11.6 Å². The molecule has 0 saturated heterocycles. The molecule has 3 aromatic rings. The smallest absolute Gasteiger partial charge is 0.229 e. The molecule has 7 heteroatoms. The summed E-state index contributed by atoms with van der Waals surface area (Å²) in [4.78, 5) is 0. The predicted octanol–water partition coefficient (Wildman–Crippen LogP) is 5.22. The lowest BCUT2D eigenvalue weighted by Gasteiger charge is -2.13. The van der Waals surface area contributed by atoms with Crippen LogP contribution in [0.1, 0.15) is 24.8 Å². The molecule has 2 aromatic carbocycles. The standard InChI is InChI=1S/C21H20ClN3O2S/c1-3-15(16-7-9-17(22)10-8-16)13-18(14-23)25-12-11-19-20(24-28(2,26)27)5-4-6-21(19)25/h4-13,15,24H,3H2,1-2H3/b18-13+. The Morgan fingerprint density at radius 2 is 1.96 bits per heavy atom. The Bertz CT molecular complexity index is 1170. The van der Waals surface area contributed by atoms with Crippen molar-refractivity contribution in [3.05, 3.63) is 71.4 Å². The highest BCUT2D eigenvalue weighted by Crippen LogP contribution is 2.30. The molecule has 1 unspecified atom stereocenters. The van der Waals surface area contributed by atoms with Crippen molar-refractivity contribution < 1.29 is 8.42 Å². The summed E-state index contributed by atoms with van der Waals surface area (Å²) >= 11 is 5.98. The van der Waals surface area contributed by atoms with Crippen molar-refractivity contribution in [3.8, 4) is 6.07 Å². The van der Waals surface area contributed by atoms with E-state index in [1.54, 1.807) is 29.0 Å². The van der Waals surface area contributed by atoms with Crippen LogP contribution in [0.3, 0.4) is 0 Å². The van der Waals surface area contributed by atoms with E-state index in [1.165, 1.54) is 0 Å². The number of allylic oxidation sites excluding steroid dienone is 2. The van der Waals surface area contributed by atoms with Crippen molar-refractivity contribution >= 4 is 43.9 Å². The van der Waals surface area contributed by atoms with Gasteiger partial charge in [0.25, 0.3) is 0 Å². The average molecular weight is 414 g/mol. The van der Waals surface area contributed by atoms with Gasteiger partial charge in [-0.25, -0.2) is 8.42 Å². The van der Waals surface area contributed by atoms with Crippen molar-refractivity contribution in [3.63, 3.8) is 0 Å². The van der Waals surface area contributed by atoms with Gasteiger partial charge in [0.15, 0.2) is 0 Å². The molecule has 0 fully saturated rings. The zero-order chi connectivity index (χ0) is 20.3. The summed E-state index contributed by atoms with van der Waals surface area (Å²) in [5.74, 6) is 0.0571. The monoisotopic (exact) mass is 413 g/mol. The van der Waals surface area contributed by atoms with E-state index in [1.807, 2.05) is 36.4 Å². The molecule has 0 aliphatic rings. The summed E-state index contributed by atoms with van der Waals surface area (Å²) in [6.07, 6.45) is 5.65. The summed E-state index contributed by atoms with van der Waals surface area (Å²) in [6.45, 7) is 2.06. The minimum absolute atomic E-state index is 0.0571. The highest BCUT2D eigenvalue weighted by atomic mass is 35.5. The first kappa shape index (κ1) is 20.0. The second kappa shape index (κ2) is 8.09. The van der Waals surface area contributed by atoms with Gasteiger partial charge in [-0.05, 0) is 48.4 Å². The predicted molar refractivity (Wildman–Crippen MR) is 115 cm³/mol. The Balaban J connectivity index is 2.06. The lowest BCUT2D eigenvalue weighted by Crippen LogP contribution is -2.09. The molecular weight excluding hydrogens is 394 g/mol. The van der Waals surface area contributed by atoms with Crippen molar-refractivity contribution in [2.75, 3.05) is 11.0 Å². The van der Waals surface area contributed by atoms with Gasteiger partial charge in [0, 0.05) is 22.5 Å². The molecule has 0 bridgehead atoms. The summed E-state index contributed by atoms with van der Waals surface area (Å²) < 4.78 is 27.5. The van der Waals surface area contributed by atoms with Crippen LogP contribution in [-0.4, -0.2) is 19.2 Å². The number of nitrogens with one attached hydrogen (secondary N) is 1. The molecule has 3 rings (SSSR count). The van der Waals surface area contributed by atoms with E-state index in [0.29, 0.717) is 16.4 Å². The zero-order valence-corrected chi connectivity index (χ0v) is 17.1. The molecule has 5 nitrogen and oxygen atoms in total. The first-order valence-electron chi connectivity index (χ1n) is 8.78. The second-order valence-electron chi connectivity index (χ2n) is 6.53. The summed E-state index contributed by atoms with van der Waals surface area (Å²) in [5.41, 5.74) is 2.80. The van der Waals surface area contributed by atoms with Crippen molar-refractivity contribution in [2.45, 2.75) is 19.3 Å². The Morgan fingerprint density at radius 1 is 1.25 bits per heavy atom. The van der Waals surface area contributed by atoms with Crippen LogP contribution in [0.5, 0.6) is 0 Å². The fourth-order valence-corrected chi connectivity index (χ4v) is 3.89. The van der Waals surface area contributed by atoms with E-state index in [9.17, 15) is 13.7 Å². The number of rotatable bonds is 6. The van der Waals surface area contributed by atoms with E-state index in [-0.39, 0.29) is 5.92 Å². The van der Waals surface area contributed by atoms with Gasteiger partial charge in [-0.3, -0.25) is 4.72 Å². The van der Waals surface area contributed by atoms with Crippen molar-refractivity contribution in [1.82, 2.24) is 4.57 Å². The van der Waals surface area contributed by atoms with Crippen LogP contribution in [0.4, 0.5) is 5.69 Å². The Labute approximate surface area is 169 Å². The third kappa shape index (κ3) is 4.38. The molecule has 0 saturated carbocycles. The lowest BCUT2D eigenvalue weighted by atomic mass is 9.95. The first-order chi connectivity index (χ1) is 13.3. The van der Waals surface area contributed by atoms with Crippen LogP contribution in [0.15, 0.2) is 60.8 Å². The molecule has 0 amide bonds. The van der Waals surface area contributed by atoms with Gasteiger partial charge in [0.2, 0.25) is 10.0 Å². The highest BCUT2D eigenvalue weighted by Gasteiger charge is 2.13. The molecule has 0 aliphatic carbocycles. The van der Waals surface area contributed by atoms with Gasteiger partial charge in [-0.2, -0.15) is 5.26 Å². The van der Waals surface area contributed by atoms with E-state index in [2.05, 4.69) is 17.7 Å². The lowest BCUT2D eigenvalue weighted by molar-refractivity contribution is 0.607. The second-order valence-corrected chi connectivity index (χ2v) is 8.71. The third-order valence-electron chi connectivity index (χ3n) is 4.50. The number of hydrogen-bond donors (Lipinski definition) is 1. The number of anilines is 1. The van der Waals surface area contributed by atoms with E-state index < -0.39 is 10.0 Å². The molecule has 144 valence electrons. The Kier molecular flexibility index (Phi) is 5.78. The average Bonchev–Trinajstić information content (AvgIpc) is 3.08. The van der Waals surface area contributed by atoms with Gasteiger partial charge < -0.3 is 4.57 Å². The van der Waals surface area contributed by atoms with Crippen LogP contribution in [-0.2, 0) is 10.0 Å².